The summed E-state index contributed by atoms with van der Waals surface area (Å²) in [5.41, 5.74) is 0. The van der Waals surface area contributed by atoms with E-state index in [1.54, 1.807) is 12.7 Å². The quantitative estimate of drug-likeness (QED) is 0.791. The van der Waals surface area contributed by atoms with E-state index in [9.17, 15) is 0 Å². The molecular formula is C12H19N5S. The van der Waals surface area contributed by atoms with Gasteiger partial charge in [-0.05, 0) is 12.8 Å². The van der Waals surface area contributed by atoms with Gasteiger partial charge < -0.3 is 4.90 Å². The standard InChI is InChI=1S/C12H19N5S/c1-3-17(12-14-9-13-10-15-12)4-2-11(1)16-5-7-18-8-6-16/h9-11H,1-8H2. The number of thioether (sulfide) groups is 1. The maximum Gasteiger partial charge on any atom is 0.228 e. The molecule has 0 atom stereocenters. The lowest BCUT2D eigenvalue weighted by atomic mass is 10.0. The summed E-state index contributed by atoms with van der Waals surface area (Å²) in [4.78, 5) is 17.3. The van der Waals surface area contributed by atoms with Crippen LogP contribution in [-0.2, 0) is 0 Å². The summed E-state index contributed by atoms with van der Waals surface area (Å²) in [7, 11) is 0. The zero-order valence-corrected chi connectivity index (χ0v) is 11.3. The van der Waals surface area contributed by atoms with Crippen molar-refractivity contribution in [2.45, 2.75) is 18.9 Å². The highest BCUT2D eigenvalue weighted by Crippen LogP contribution is 2.22. The molecular weight excluding hydrogens is 246 g/mol. The van der Waals surface area contributed by atoms with E-state index in [0.29, 0.717) is 0 Å². The summed E-state index contributed by atoms with van der Waals surface area (Å²) in [5, 5.41) is 0. The molecule has 1 aromatic heterocycles. The van der Waals surface area contributed by atoms with E-state index in [1.165, 1.54) is 37.4 Å². The highest BCUT2D eigenvalue weighted by molar-refractivity contribution is 7.99. The Balaban J connectivity index is 1.54. The molecule has 0 unspecified atom stereocenters. The van der Waals surface area contributed by atoms with Crippen molar-refractivity contribution in [3.05, 3.63) is 12.7 Å². The Morgan fingerprint density at radius 1 is 1.00 bits per heavy atom. The first-order valence-electron chi connectivity index (χ1n) is 6.62. The second-order valence-corrected chi connectivity index (χ2v) is 6.03. The van der Waals surface area contributed by atoms with Crippen LogP contribution in [0.25, 0.3) is 0 Å². The third-order valence-electron chi connectivity index (χ3n) is 3.79. The zero-order chi connectivity index (χ0) is 12.2. The Labute approximate surface area is 112 Å². The molecule has 0 aromatic carbocycles. The lowest BCUT2D eigenvalue weighted by Crippen LogP contribution is -2.48. The van der Waals surface area contributed by atoms with Gasteiger partial charge in [-0.15, -0.1) is 0 Å². The SMILES string of the molecule is c1ncnc(N2CCC(N3CCSCC3)CC2)n1. The number of hydrogen-bond donors (Lipinski definition) is 0. The van der Waals surface area contributed by atoms with Crippen LogP contribution >= 0.6 is 11.8 Å². The Kier molecular flexibility index (Phi) is 3.95. The number of piperidine rings is 1. The van der Waals surface area contributed by atoms with Gasteiger partial charge in [0.15, 0.2) is 0 Å². The summed E-state index contributed by atoms with van der Waals surface area (Å²) >= 11 is 2.08. The maximum absolute atomic E-state index is 4.23. The molecule has 0 aliphatic carbocycles. The third kappa shape index (κ3) is 2.75. The van der Waals surface area contributed by atoms with Crippen LogP contribution in [0.3, 0.4) is 0 Å². The Bertz CT molecular complexity index is 360. The lowest BCUT2D eigenvalue weighted by Gasteiger charge is -2.39. The van der Waals surface area contributed by atoms with Gasteiger partial charge in [-0.2, -0.15) is 11.8 Å². The summed E-state index contributed by atoms with van der Waals surface area (Å²) in [6.45, 7) is 4.67. The molecule has 6 heteroatoms. The van der Waals surface area contributed by atoms with Gasteiger partial charge in [0, 0.05) is 43.7 Å². The smallest absolute Gasteiger partial charge is 0.228 e. The van der Waals surface area contributed by atoms with Crippen LogP contribution in [0.1, 0.15) is 12.8 Å². The predicted molar refractivity (Wildman–Crippen MR) is 74.0 cm³/mol. The first kappa shape index (κ1) is 12.2. The van der Waals surface area contributed by atoms with E-state index in [4.69, 9.17) is 0 Å². The fourth-order valence-corrected chi connectivity index (χ4v) is 3.70. The van der Waals surface area contributed by atoms with E-state index in [-0.39, 0.29) is 0 Å². The fraction of sp³-hybridized carbons (Fsp3) is 0.750. The number of anilines is 1. The van der Waals surface area contributed by atoms with Crippen molar-refractivity contribution in [1.29, 1.82) is 0 Å². The van der Waals surface area contributed by atoms with Crippen molar-refractivity contribution >= 4 is 17.7 Å². The van der Waals surface area contributed by atoms with Gasteiger partial charge in [0.25, 0.3) is 0 Å². The Hall–Kier alpha value is -0.880. The second-order valence-electron chi connectivity index (χ2n) is 4.80. The average molecular weight is 265 g/mol. The average Bonchev–Trinajstić information content (AvgIpc) is 2.49. The van der Waals surface area contributed by atoms with Gasteiger partial charge in [0.2, 0.25) is 5.95 Å². The lowest BCUT2D eigenvalue weighted by molar-refractivity contribution is 0.185. The van der Waals surface area contributed by atoms with Crippen LogP contribution in [0.15, 0.2) is 12.7 Å². The van der Waals surface area contributed by atoms with Crippen molar-refractivity contribution in [2.24, 2.45) is 0 Å². The number of nitrogens with zero attached hydrogens (tertiary/aromatic N) is 5. The molecule has 3 rings (SSSR count). The van der Waals surface area contributed by atoms with Gasteiger partial charge >= 0.3 is 0 Å². The van der Waals surface area contributed by atoms with Crippen LogP contribution in [0.4, 0.5) is 5.95 Å². The normalized spacial score (nSPS) is 23.2. The van der Waals surface area contributed by atoms with Gasteiger partial charge in [-0.3, -0.25) is 4.90 Å². The van der Waals surface area contributed by atoms with Gasteiger partial charge in [0.05, 0.1) is 0 Å². The molecule has 3 heterocycles. The fourth-order valence-electron chi connectivity index (χ4n) is 2.77. The molecule has 5 nitrogen and oxygen atoms in total. The number of aromatic nitrogens is 3. The molecule has 0 radical (unpaired) electrons. The summed E-state index contributed by atoms with van der Waals surface area (Å²) in [6, 6.07) is 0.768. The molecule has 2 aliphatic heterocycles. The molecule has 0 amide bonds. The largest absolute Gasteiger partial charge is 0.341 e. The molecule has 2 fully saturated rings. The molecule has 0 saturated carbocycles. The molecule has 98 valence electrons. The minimum atomic E-state index is 0.768. The second kappa shape index (κ2) is 5.84. The predicted octanol–water partition coefficient (Wildman–Crippen LogP) is 0.889. The van der Waals surface area contributed by atoms with Crippen LogP contribution in [0.5, 0.6) is 0 Å². The van der Waals surface area contributed by atoms with Crippen molar-refractivity contribution < 1.29 is 0 Å². The van der Waals surface area contributed by atoms with E-state index in [2.05, 4.69) is 36.5 Å². The van der Waals surface area contributed by atoms with Crippen LogP contribution in [0, 0.1) is 0 Å². The molecule has 0 bridgehead atoms. The van der Waals surface area contributed by atoms with E-state index < -0.39 is 0 Å². The Morgan fingerprint density at radius 2 is 1.67 bits per heavy atom. The molecule has 18 heavy (non-hydrogen) atoms. The molecule has 2 aliphatic rings. The topological polar surface area (TPSA) is 45.2 Å². The minimum absolute atomic E-state index is 0.768. The molecule has 2 saturated heterocycles. The minimum Gasteiger partial charge on any atom is -0.341 e. The van der Waals surface area contributed by atoms with Crippen molar-refractivity contribution in [3.8, 4) is 0 Å². The highest BCUT2D eigenvalue weighted by Gasteiger charge is 2.26. The monoisotopic (exact) mass is 265 g/mol. The highest BCUT2D eigenvalue weighted by atomic mass is 32.2. The summed E-state index contributed by atoms with van der Waals surface area (Å²) < 4.78 is 0. The number of rotatable bonds is 2. The van der Waals surface area contributed by atoms with Gasteiger partial charge in [-0.25, -0.2) is 15.0 Å². The number of hydrogen-bond acceptors (Lipinski definition) is 6. The van der Waals surface area contributed by atoms with Crippen LogP contribution < -0.4 is 4.90 Å². The van der Waals surface area contributed by atoms with Gasteiger partial charge in [0.1, 0.15) is 12.7 Å². The van der Waals surface area contributed by atoms with Crippen LogP contribution in [-0.4, -0.2) is 63.6 Å². The zero-order valence-electron chi connectivity index (χ0n) is 10.5. The molecule has 1 aromatic rings. The first-order valence-corrected chi connectivity index (χ1v) is 7.78. The first-order chi connectivity index (χ1) is 8.93. The third-order valence-corrected chi connectivity index (χ3v) is 4.73. The van der Waals surface area contributed by atoms with Crippen molar-refractivity contribution in [2.75, 3.05) is 42.6 Å². The molecule has 0 N–H and O–H groups in total. The maximum atomic E-state index is 4.23. The summed E-state index contributed by atoms with van der Waals surface area (Å²) in [6.07, 6.45) is 5.62. The van der Waals surface area contributed by atoms with E-state index >= 15 is 0 Å². The Morgan fingerprint density at radius 3 is 2.33 bits per heavy atom. The molecule has 0 spiro atoms. The van der Waals surface area contributed by atoms with Gasteiger partial charge in [-0.1, -0.05) is 0 Å². The van der Waals surface area contributed by atoms with E-state index in [0.717, 1.165) is 25.1 Å². The van der Waals surface area contributed by atoms with Crippen molar-refractivity contribution in [1.82, 2.24) is 19.9 Å². The summed E-state index contributed by atoms with van der Waals surface area (Å²) in [5.74, 6) is 3.43. The van der Waals surface area contributed by atoms with Crippen molar-refractivity contribution in [3.63, 3.8) is 0 Å². The van der Waals surface area contributed by atoms with Crippen LogP contribution in [0.2, 0.25) is 0 Å². The van der Waals surface area contributed by atoms with E-state index in [1.807, 2.05) is 0 Å².